The van der Waals surface area contributed by atoms with Crippen LogP contribution in [0.3, 0.4) is 0 Å². The van der Waals surface area contributed by atoms with E-state index >= 15 is 0 Å². The molecule has 17 heavy (non-hydrogen) atoms. The second kappa shape index (κ2) is 4.48. The van der Waals surface area contributed by atoms with Gasteiger partial charge in [0.1, 0.15) is 17.9 Å². The van der Waals surface area contributed by atoms with E-state index in [1.54, 1.807) is 0 Å². The maximum Gasteiger partial charge on any atom is 0.312 e. The van der Waals surface area contributed by atoms with Crippen LogP contribution in [-0.4, -0.2) is 30.2 Å². The molecule has 1 saturated heterocycles. The zero-order valence-electron chi connectivity index (χ0n) is 9.13. The summed E-state index contributed by atoms with van der Waals surface area (Å²) in [6, 6.07) is 0. The minimum Gasteiger partial charge on any atom is -0.481 e. The van der Waals surface area contributed by atoms with E-state index in [2.05, 4.69) is 4.98 Å². The molecule has 1 unspecified atom stereocenters. The SMILES string of the molecule is O=C(O)Cc1nc(C2CCCCS2(=O)=O)co1. The van der Waals surface area contributed by atoms with E-state index in [0.717, 1.165) is 6.42 Å². The Balaban J connectivity index is 2.22. The molecule has 94 valence electrons. The van der Waals surface area contributed by atoms with Crippen LogP contribution in [0.1, 0.15) is 36.1 Å². The Bertz CT molecular complexity index is 519. The summed E-state index contributed by atoms with van der Waals surface area (Å²) in [5.74, 6) is -0.836. The van der Waals surface area contributed by atoms with E-state index < -0.39 is 21.1 Å². The zero-order chi connectivity index (χ0) is 12.5. The standard InChI is InChI=1S/C10H13NO5S/c12-10(13)5-9-11-7(6-16-9)8-3-1-2-4-17(8,14)15/h6,8H,1-5H2,(H,12,13). The average molecular weight is 259 g/mol. The van der Waals surface area contributed by atoms with Gasteiger partial charge in [0.2, 0.25) is 5.89 Å². The predicted molar refractivity (Wildman–Crippen MR) is 58.2 cm³/mol. The highest BCUT2D eigenvalue weighted by molar-refractivity contribution is 7.91. The molecular weight excluding hydrogens is 246 g/mol. The Kier molecular flexibility index (Phi) is 3.19. The second-order valence-electron chi connectivity index (χ2n) is 4.09. The molecule has 2 heterocycles. The lowest BCUT2D eigenvalue weighted by Gasteiger charge is -2.19. The number of carboxylic acids is 1. The summed E-state index contributed by atoms with van der Waals surface area (Å²) in [5.41, 5.74) is 0.334. The van der Waals surface area contributed by atoms with Crippen LogP contribution in [0.5, 0.6) is 0 Å². The molecule has 0 radical (unpaired) electrons. The van der Waals surface area contributed by atoms with Crippen LogP contribution in [-0.2, 0) is 21.1 Å². The van der Waals surface area contributed by atoms with Gasteiger partial charge in [-0.15, -0.1) is 0 Å². The van der Waals surface area contributed by atoms with Gasteiger partial charge in [-0.3, -0.25) is 4.79 Å². The molecule has 0 aromatic carbocycles. The van der Waals surface area contributed by atoms with Gasteiger partial charge < -0.3 is 9.52 Å². The van der Waals surface area contributed by atoms with Crippen molar-refractivity contribution in [1.82, 2.24) is 4.98 Å². The Morgan fingerprint density at radius 1 is 1.53 bits per heavy atom. The molecule has 1 N–H and O–H groups in total. The molecule has 1 aliphatic heterocycles. The minimum absolute atomic E-state index is 0.0493. The number of oxazole rings is 1. The van der Waals surface area contributed by atoms with Crippen LogP contribution in [0.25, 0.3) is 0 Å². The van der Waals surface area contributed by atoms with Gasteiger partial charge in [0, 0.05) is 0 Å². The van der Waals surface area contributed by atoms with Crippen molar-refractivity contribution in [3.8, 4) is 0 Å². The van der Waals surface area contributed by atoms with Crippen molar-refractivity contribution in [2.75, 3.05) is 5.75 Å². The third kappa shape index (κ3) is 2.66. The lowest BCUT2D eigenvalue weighted by Crippen LogP contribution is -2.21. The maximum absolute atomic E-state index is 11.8. The van der Waals surface area contributed by atoms with Gasteiger partial charge >= 0.3 is 5.97 Å². The van der Waals surface area contributed by atoms with Crippen molar-refractivity contribution in [1.29, 1.82) is 0 Å². The number of carboxylic acid groups (broad SMARTS) is 1. The lowest BCUT2D eigenvalue weighted by atomic mass is 10.1. The highest BCUT2D eigenvalue weighted by Crippen LogP contribution is 2.32. The first kappa shape index (κ1) is 12.1. The Labute approximate surface area is 98.6 Å². The average Bonchev–Trinajstić information content (AvgIpc) is 2.64. The molecule has 1 aromatic rings. The number of hydrogen-bond acceptors (Lipinski definition) is 5. The fourth-order valence-corrected chi connectivity index (χ4v) is 3.86. The van der Waals surface area contributed by atoms with Gasteiger partial charge in [0.15, 0.2) is 9.84 Å². The predicted octanol–water partition coefficient (Wildman–Crippen LogP) is 0.942. The molecule has 7 heteroatoms. The fraction of sp³-hybridized carbons (Fsp3) is 0.600. The normalized spacial score (nSPS) is 23.4. The summed E-state index contributed by atoms with van der Waals surface area (Å²) >= 11 is 0. The number of rotatable bonds is 3. The molecule has 1 aromatic heterocycles. The molecule has 0 amide bonds. The topological polar surface area (TPSA) is 97.5 Å². The van der Waals surface area contributed by atoms with E-state index in [9.17, 15) is 13.2 Å². The van der Waals surface area contributed by atoms with E-state index in [4.69, 9.17) is 9.52 Å². The van der Waals surface area contributed by atoms with Crippen LogP contribution in [0.15, 0.2) is 10.7 Å². The molecule has 0 saturated carbocycles. The Morgan fingerprint density at radius 3 is 2.94 bits per heavy atom. The smallest absolute Gasteiger partial charge is 0.312 e. The van der Waals surface area contributed by atoms with Crippen LogP contribution in [0.2, 0.25) is 0 Å². The Hall–Kier alpha value is -1.37. The number of carbonyl (C=O) groups is 1. The molecule has 2 rings (SSSR count). The number of aromatic nitrogens is 1. The monoisotopic (exact) mass is 259 g/mol. The van der Waals surface area contributed by atoms with Crippen molar-refractivity contribution >= 4 is 15.8 Å². The van der Waals surface area contributed by atoms with Gasteiger partial charge in [-0.25, -0.2) is 13.4 Å². The van der Waals surface area contributed by atoms with Gasteiger partial charge in [-0.1, -0.05) is 6.42 Å². The third-order valence-corrected chi connectivity index (χ3v) is 4.98. The highest BCUT2D eigenvalue weighted by atomic mass is 32.2. The van der Waals surface area contributed by atoms with Crippen molar-refractivity contribution < 1.29 is 22.7 Å². The lowest BCUT2D eigenvalue weighted by molar-refractivity contribution is -0.136. The highest BCUT2D eigenvalue weighted by Gasteiger charge is 2.32. The summed E-state index contributed by atoms with van der Waals surface area (Å²) in [7, 11) is -3.16. The van der Waals surface area contributed by atoms with Crippen LogP contribution < -0.4 is 0 Å². The molecule has 0 spiro atoms. The zero-order valence-corrected chi connectivity index (χ0v) is 9.94. The number of nitrogens with zero attached hydrogens (tertiary/aromatic N) is 1. The van der Waals surface area contributed by atoms with E-state index in [1.165, 1.54) is 6.26 Å². The van der Waals surface area contributed by atoms with Crippen LogP contribution >= 0.6 is 0 Å². The molecule has 1 atom stereocenters. The van der Waals surface area contributed by atoms with E-state index in [0.29, 0.717) is 18.5 Å². The molecular formula is C10H13NO5S. The van der Waals surface area contributed by atoms with Crippen LogP contribution in [0, 0.1) is 0 Å². The quantitative estimate of drug-likeness (QED) is 0.867. The molecule has 1 fully saturated rings. The van der Waals surface area contributed by atoms with Gasteiger partial charge in [0.05, 0.1) is 11.4 Å². The second-order valence-corrected chi connectivity index (χ2v) is 6.39. The van der Waals surface area contributed by atoms with E-state index in [1.807, 2.05) is 0 Å². The summed E-state index contributed by atoms with van der Waals surface area (Å²) in [4.78, 5) is 14.4. The maximum atomic E-state index is 11.8. The molecule has 0 bridgehead atoms. The fourth-order valence-electron chi connectivity index (χ4n) is 1.97. The summed E-state index contributed by atoms with van der Waals surface area (Å²) in [6.45, 7) is 0. The van der Waals surface area contributed by atoms with Crippen LogP contribution in [0.4, 0.5) is 0 Å². The number of sulfone groups is 1. The first-order valence-corrected chi connectivity index (χ1v) is 7.08. The van der Waals surface area contributed by atoms with Crippen molar-refractivity contribution in [3.05, 3.63) is 17.8 Å². The number of aliphatic carboxylic acids is 1. The van der Waals surface area contributed by atoms with E-state index in [-0.39, 0.29) is 18.1 Å². The minimum atomic E-state index is -3.16. The number of hydrogen-bond donors (Lipinski definition) is 1. The summed E-state index contributed by atoms with van der Waals surface area (Å²) in [6.07, 6.45) is 2.98. The largest absolute Gasteiger partial charge is 0.481 e. The first-order valence-electron chi connectivity index (χ1n) is 5.37. The van der Waals surface area contributed by atoms with Gasteiger partial charge in [-0.05, 0) is 12.8 Å². The Morgan fingerprint density at radius 2 is 2.29 bits per heavy atom. The third-order valence-electron chi connectivity index (χ3n) is 2.78. The van der Waals surface area contributed by atoms with Crippen molar-refractivity contribution in [2.45, 2.75) is 30.9 Å². The van der Waals surface area contributed by atoms with Crippen molar-refractivity contribution in [3.63, 3.8) is 0 Å². The molecule has 6 nitrogen and oxygen atoms in total. The van der Waals surface area contributed by atoms with Gasteiger partial charge in [0.25, 0.3) is 0 Å². The summed E-state index contributed by atoms with van der Waals surface area (Å²) in [5, 5.41) is 7.93. The molecule has 1 aliphatic rings. The van der Waals surface area contributed by atoms with Gasteiger partial charge in [-0.2, -0.15) is 0 Å². The van der Waals surface area contributed by atoms with Crippen molar-refractivity contribution in [2.24, 2.45) is 0 Å². The summed E-state index contributed by atoms with van der Waals surface area (Å²) < 4.78 is 28.6. The molecule has 0 aliphatic carbocycles. The first-order chi connectivity index (χ1) is 7.99.